The summed E-state index contributed by atoms with van der Waals surface area (Å²) in [6, 6.07) is 5.74. The minimum Gasteiger partial charge on any atom is -0.457 e. The summed E-state index contributed by atoms with van der Waals surface area (Å²) in [5, 5.41) is 12.7. The number of ether oxygens (including phenoxy) is 1. The van der Waals surface area contributed by atoms with Crippen LogP contribution in [0, 0.1) is 5.82 Å². The van der Waals surface area contributed by atoms with E-state index in [2.05, 4.69) is 20.8 Å². The smallest absolute Gasteiger partial charge is 0.230 e. The number of nitrogens with zero attached hydrogens (tertiary/aromatic N) is 1. The minimum atomic E-state index is -3.39. The third-order valence-electron chi connectivity index (χ3n) is 5.40. The van der Waals surface area contributed by atoms with Gasteiger partial charge in [0, 0.05) is 35.9 Å². The lowest BCUT2D eigenvalue weighted by atomic mass is 9.98. The molecule has 0 radical (unpaired) electrons. The summed E-state index contributed by atoms with van der Waals surface area (Å²) in [4.78, 5) is 12.5. The van der Waals surface area contributed by atoms with Gasteiger partial charge >= 0.3 is 0 Å². The van der Waals surface area contributed by atoms with E-state index < -0.39 is 21.6 Å². The summed E-state index contributed by atoms with van der Waals surface area (Å²) in [5.41, 5.74) is 1.72. The highest BCUT2D eigenvalue weighted by Crippen LogP contribution is 2.28. The average Bonchev–Trinajstić information content (AvgIpc) is 3.24. The van der Waals surface area contributed by atoms with Gasteiger partial charge in [-0.3, -0.25) is 9.89 Å². The highest BCUT2D eigenvalue weighted by atomic mass is 32.2. The molecule has 1 unspecified atom stereocenters. The van der Waals surface area contributed by atoms with E-state index in [1.165, 1.54) is 12.1 Å². The predicted octanol–water partition coefficient (Wildman–Crippen LogP) is 3.47. The molecule has 2 aromatic rings. The standard InChI is InChI=1S/C24H25FN4O4S/c1-14(2)21-13-23(29-28-21)27-24(30)10-15-4-5-16(11-19(15)25)33-22-8-9-26-20-7-6-17(12-18(20)22)34(3,31)32/h4-9,11-14,20,26H,10H2,1-3H3,(H2,27,28,29,30). The van der Waals surface area contributed by atoms with Gasteiger partial charge in [-0.15, -0.1) is 0 Å². The molecule has 0 fully saturated rings. The summed E-state index contributed by atoms with van der Waals surface area (Å²) < 4.78 is 44.5. The van der Waals surface area contributed by atoms with Gasteiger partial charge in [-0.25, -0.2) is 12.8 Å². The Morgan fingerprint density at radius 1 is 1.26 bits per heavy atom. The van der Waals surface area contributed by atoms with E-state index in [9.17, 15) is 17.6 Å². The molecule has 2 heterocycles. The molecule has 0 saturated carbocycles. The van der Waals surface area contributed by atoms with Gasteiger partial charge in [0.2, 0.25) is 5.91 Å². The lowest BCUT2D eigenvalue weighted by molar-refractivity contribution is -0.115. The highest BCUT2D eigenvalue weighted by Gasteiger charge is 2.24. The van der Waals surface area contributed by atoms with E-state index in [0.717, 1.165) is 11.9 Å². The first-order valence-electron chi connectivity index (χ1n) is 10.7. The maximum atomic E-state index is 14.7. The van der Waals surface area contributed by atoms with Gasteiger partial charge in [0.25, 0.3) is 0 Å². The summed E-state index contributed by atoms with van der Waals surface area (Å²) in [6.45, 7) is 4.00. The van der Waals surface area contributed by atoms with Gasteiger partial charge in [-0.1, -0.05) is 26.0 Å². The van der Waals surface area contributed by atoms with Crippen LogP contribution >= 0.6 is 0 Å². The van der Waals surface area contributed by atoms with E-state index in [4.69, 9.17) is 4.74 Å². The summed E-state index contributed by atoms with van der Waals surface area (Å²) in [6.07, 6.45) is 9.11. The Labute approximate surface area is 197 Å². The number of benzene rings is 1. The third kappa shape index (κ3) is 5.28. The van der Waals surface area contributed by atoms with E-state index >= 15 is 0 Å². The van der Waals surface area contributed by atoms with Crippen LogP contribution in [-0.2, 0) is 21.1 Å². The minimum absolute atomic E-state index is 0.166. The molecule has 0 bridgehead atoms. The SMILES string of the molecule is CC(C)c1cc(NC(=O)Cc2ccc(OC3=C4C=C(S(C)(=O)=O)C=CC4NC=C3)cc2F)n[nH]1. The van der Waals surface area contributed by atoms with Gasteiger partial charge in [-0.2, -0.15) is 5.10 Å². The number of sulfone groups is 1. The molecule has 1 aliphatic carbocycles. The van der Waals surface area contributed by atoms with Crippen molar-refractivity contribution < 1.29 is 22.3 Å². The van der Waals surface area contributed by atoms with Crippen LogP contribution in [0.4, 0.5) is 10.2 Å². The van der Waals surface area contributed by atoms with Crippen molar-refractivity contribution in [3.05, 3.63) is 88.1 Å². The number of amides is 1. The molecule has 0 spiro atoms. The number of aromatic amines is 1. The van der Waals surface area contributed by atoms with Crippen LogP contribution in [0.3, 0.4) is 0 Å². The fourth-order valence-corrected chi connectivity index (χ4v) is 4.19. The molecule has 1 aromatic heterocycles. The number of nitrogens with one attached hydrogen (secondary N) is 3. The highest BCUT2D eigenvalue weighted by molar-refractivity contribution is 7.94. The number of hydrogen-bond acceptors (Lipinski definition) is 6. The number of anilines is 1. The molecule has 10 heteroatoms. The second kappa shape index (κ2) is 9.30. The van der Waals surface area contributed by atoms with E-state index in [1.54, 1.807) is 42.6 Å². The molecule has 1 aromatic carbocycles. The Bertz CT molecular complexity index is 1350. The van der Waals surface area contributed by atoms with Crippen molar-refractivity contribution in [2.75, 3.05) is 11.6 Å². The molecule has 1 aliphatic heterocycles. The van der Waals surface area contributed by atoms with E-state index in [-0.39, 0.29) is 34.6 Å². The number of aromatic nitrogens is 2. The Morgan fingerprint density at radius 2 is 2.06 bits per heavy atom. The normalized spacial score (nSPS) is 17.3. The molecule has 3 N–H and O–H groups in total. The maximum Gasteiger partial charge on any atom is 0.230 e. The molecule has 1 amide bonds. The van der Waals surface area contributed by atoms with E-state index in [1.807, 2.05) is 13.8 Å². The zero-order valence-electron chi connectivity index (χ0n) is 18.9. The molecule has 8 nitrogen and oxygen atoms in total. The molecule has 2 aliphatic rings. The summed E-state index contributed by atoms with van der Waals surface area (Å²) in [5.74, 6) is 0.273. The Kier molecular flexibility index (Phi) is 6.43. The van der Waals surface area contributed by atoms with Crippen LogP contribution in [0.15, 0.2) is 71.0 Å². The molecule has 34 heavy (non-hydrogen) atoms. The summed E-state index contributed by atoms with van der Waals surface area (Å²) in [7, 11) is -3.39. The monoisotopic (exact) mass is 484 g/mol. The maximum absolute atomic E-state index is 14.7. The lowest BCUT2D eigenvalue weighted by Gasteiger charge is -2.25. The van der Waals surface area contributed by atoms with Crippen molar-refractivity contribution >= 4 is 21.6 Å². The van der Waals surface area contributed by atoms with Crippen LogP contribution in [-0.4, -0.2) is 36.8 Å². The van der Waals surface area contributed by atoms with Crippen molar-refractivity contribution in [3.8, 4) is 5.75 Å². The van der Waals surface area contributed by atoms with Crippen LogP contribution in [0.5, 0.6) is 5.75 Å². The fourth-order valence-electron chi connectivity index (χ4n) is 3.52. The van der Waals surface area contributed by atoms with Crippen LogP contribution < -0.4 is 15.4 Å². The number of carbonyl (C=O) groups excluding carboxylic acids is 1. The van der Waals surface area contributed by atoms with Crippen molar-refractivity contribution in [1.82, 2.24) is 15.5 Å². The molecular weight excluding hydrogens is 459 g/mol. The number of H-pyrrole nitrogens is 1. The first-order chi connectivity index (χ1) is 16.1. The number of hydrogen-bond donors (Lipinski definition) is 3. The van der Waals surface area contributed by atoms with Crippen molar-refractivity contribution in [3.63, 3.8) is 0 Å². The van der Waals surface area contributed by atoms with Crippen LogP contribution in [0.2, 0.25) is 0 Å². The van der Waals surface area contributed by atoms with Gasteiger partial charge in [0.15, 0.2) is 15.7 Å². The third-order valence-corrected chi connectivity index (χ3v) is 6.51. The molecule has 178 valence electrons. The zero-order valence-corrected chi connectivity index (χ0v) is 19.7. The Balaban J connectivity index is 1.48. The Morgan fingerprint density at radius 3 is 2.74 bits per heavy atom. The number of carbonyl (C=O) groups is 1. The van der Waals surface area contributed by atoms with Gasteiger partial charge in [-0.05, 0) is 35.8 Å². The van der Waals surface area contributed by atoms with Crippen molar-refractivity contribution in [1.29, 1.82) is 0 Å². The first kappa shape index (κ1) is 23.5. The predicted molar refractivity (Wildman–Crippen MR) is 127 cm³/mol. The quantitative estimate of drug-likeness (QED) is 0.555. The molecular formula is C24H25FN4O4S. The van der Waals surface area contributed by atoms with Crippen molar-refractivity contribution in [2.45, 2.75) is 32.2 Å². The number of halogens is 1. The number of rotatable bonds is 7. The second-order valence-corrected chi connectivity index (χ2v) is 10.4. The van der Waals surface area contributed by atoms with E-state index in [0.29, 0.717) is 17.2 Å². The molecule has 0 saturated heterocycles. The lowest BCUT2D eigenvalue weighted by Crippen LogP contribution is -2.30. The average molecular weight is 485 g/mol. The first-order valence-corrected chi connectivity index (χ1v) is 12.6. The second-order valence-electron chi connectivity index (χ2n) is 8.42. The number of fused-ring (bicyclic) bond motifs is 1. The Hall–Kier alpha value is -3.66. The fraction of sp³-hybridized carbons (Fsp3) is 0.250. The van der Waals surface area contributed by atoms with Crippen molar-refractivity contribution in [2.24, 2.45) is 0 Å². The van der Waals surface area contributed by atoms with Gasteiger partial charge in [0.1, 0.15) is 17.3 Å². The van der Waals surface area contributed by atoms with Crippen LogP contribution in [0.1, 0.15) is 31.0 Å². The van der Waals surface area contributed by atoms with Gasteiger partial charge < -0.3 is 15.4 Å². The zero-order chi connectivity index (χ0) is 24.5. The molecule has 4 rings (SSSR count). The number of allylic oxidation sites excluding steroid dienone is 2. The molecule has 1 atom stereocenters. The number of dihydropyridines is 1. The summed E-state index contributed by atoms with van der Waals surface area (Å²) >= 11 is 0. The van der Waals surface area contributed by atoms with Crippen LogP contribution in [0.25, 0.3) is 0 Å². The van der Waals surface area contributed by atoms with Gasteiger partial charge in [0.05, 0.1) is 17.4 Å². The topological polar surface area (TPSA) is 113 Å². The largest absolute Gasteiger partial charge is 0.457 e.